The van der Waals surface area contributed by atoms with Crippen molar-refractivity contribution in [1.29, 1.82) is 0 Å². The molecule has 3 rings (SSSR count). The molecule has 1 amide bonds. The third-order valence-electron chi connectivity index (χ3n) is 4.22. The summed E-state index contributed by atoms with van der Waals surface area (Å²) in [7, 11) is 0. The normalized spacial score (nSPS) is 35.8. The van der Waals surface area contributed by atoms with Crippen molar-refractivity contribution in [3.63, 3.8) is 0 Å². The molecule has 90 valence electrons. The van der Waals surface area contributed by atoms with Crippen LogP contribution in [0.1, 0.15) is 25.7 Å². The predicted octanol–water partition coefficient (Wildman–Crippen LogP) is 0.0450. The molecule has 0 spiro atoms. The second-order valence-electron chi connectivity index (χ2n) is 5.33. The lowest BCUT2D eigenvalue weighted by Gasteiger charge is -2.38. The SMILES string of the molecule is O=C1CCC2CN(CC3CCCN3)CCN12. The highest BCUT2D eigenvalue weighted by Gasteiger charge is 2.35. The fourth-order valence-electron chi connectivity index (χ4n) is 3.32. The van der Waals surface area contributed by atoms with Crippen molar-refractivity contribution in [2.24, 2.45) is 0 Å². The van der Waals surface area contributed by atoms with E-state index in [1.807, 2.05) is 0 Å². The van der Waals surface area contributed by atoms with Crippen molar-refractivity contribution in [3.8, 4) is 0 Å². The lowest BCUT2D eigenvalue weighted by Crippen LogP contribution is -2.53. The van der Waals surface area contributed by atoms with E-state index in [9.17, 15) is 4.79 Å². The first kappa shape index (κ1) is 10.5. The van der Waals surface area contributed by atoms with Gasteiger partial charge in [0.15, 0.2) is 0 Å². The number of carbonyl (C=O) groups excluding carboxylic acids is 1. The van der Waals surface area contributed by atoms with E-state index in [-0.39, 0.29) is 0 Å². The summed E-state index contributed by atoms with van der Waals surface area (Å²) in [6.45, 7) is 5.49. The fourth-order valence-corrected chi connectivity index (χ4v) is 3.32. The average molecular weight is 223 g/mol. The van der Waals surface area contributed by atoms with Gasteiger partial charge in [0.05, 0.1) is 0 Å². The van der Waals surface area contributed by atoms with E-state index >= 15 is 0 Å². The molecule has 16 heavy (non-hydrogen) atoms. The minimum atomic E-state index is 0.378. The second-order valence-corrected chi connectivity index (χ2v) is 5.33. The number of rotatable bonds is 2. The average Bonchev–Trinajstić information content (AvgIpc) is 2.90. The first-order valence-corrected chi connectivity index (χ1v) is 6.58. The summed E-state index contributed by atoms with van der Waals surface area (Å²) in [6.07, 6.45) is 4.50. The Labute approximate surface area is 97.0 Å². The molecule has 2 unspecified atom stereocenters. The summed E-state index contributed by atoms with van der Waals surface area (Å²) in [6, 6.07) is 1.21. The highest BCUT2D eigenvalue weighted by atomic mass is 16.2. The highest BCUT2D eigenvalue weighted by Crippen LogP contribution is 2.23. The molecule has 2 atom stereocenters. The Morgan fingerprint density at radius 2 is 2.25 bits per heavy atom. The van der Waals surface area contributed by atoms with Gasteiger partial charge in [0.2, 0.25) is 5.91 Å². The summed E-state index contributed by atoms with van der Waals surface area (Å²) in [5.74, 6) is 0.378. The smallest absolute Gasteiger partial charge is 0.222 e. The van der Waals surface area contributed by atoms with Crippen LogP contribution >= 0.6 is 0 Å². The zero-order valence-electron chi connectivity index (χ0n) is 9.82. The summed E-state index contributed by atoms with van der Waals surface area (Å²) in [4.78, 5) is 16.2. The summed E-state index contributed by atoms with van der Waals surface area (Å²) in [5, 5.41) is 3.55. The van der Waals surface area contributed by atoms with Gasteiger partial charge >= 0.3 is 0 Å². The van der Waals surface area contributed by atoms with Crippen LogP contribution in [0.3, 0.4) is 0 Å². The summed E-state index contributed by atoms with van der Waals surface area (Å²) in [5.41, 5.74) is 0. The largest absolute Gasteiger partial charge is 0.337 e. The van der Waals surface area contributed by atoms with E-state index < -0.39 is 0 Å². The molecule has 1 N–H and O–H groups in total. The number of piperazine rings is 1. The van der Waals surface area contributed by atoms with Gasteiger partial charge in [0.1, 0.15) is 0 Å². The van der Waals surface area contributed by atoms with Crippen LogP contribution in [0.15, 0.2) is 0 Å². The molecular weight excluding hydrogens is 202 g/mol. The molecule has 3 saturated heterocycles. The molecule has 0 aromatic carbocycles. The number of nitrogens with zero attached hydrogens (tertiary/aromatic N) is 2. The molecule has 0 aliphatic carbocycles. The Balaban J connectivity index is 1.53. The van der Waals surface area contributed by atoms with Crippen molar-refractivity contribution >= 4 is 5.91 Å². The Bertz CT molecular complexity index is 275. The number of hydrogen-bond donors (Lipinski definition) is 1. The third kappa shape index (κ3) is 1.96. The van der Waals surface area contributed by atoms with Gasteiger partial charge in [0, 0.05) is 44.7 Å². The molecule has 3 aliphatic heterocycles. The van der Waals surface area contributed by atoms with E-state index in [0.29, 0.717) is 18.0 Å². The van der Waals surface area contributed by atoms with Crippen LogP contribution in [0, 0.1) is 0 Å². The van der Waals surface area contributed by atoms with Gasteiger partial charge in [-0.05, 0) is 25.8 Å². The zero-order chi connectivity index (χ0) is 11.0. The molecule has 0 radical (unpaired) electrons. The molecule has 4 nitrogen and oxygen atoms in total. The van der Waals surface area contributed by atoms with Crippen LogP contribution in [-0.2, 0) is 4.79 Å². The Kier molecular flexibility index (Phi) is 2.86. The molecule has 0 aromatic heterocycles. The monoisotopic (exact) mass is 223 g/mol. The van der Waals surface area contributed by atoms with Crippen molar-refractivity contribution in [2.75, 3.05) is 32.7 Å². The standard InChI is InChI=1S/C12H21N3O/c16-12-4-3-11-9-14(6-7-15(11)12)8-10-2-1-5-13-10/h10-11,13H,1-9H2. The Hall–Kier alpha value is -0.610. The maximum absolute atomic E-state index is 11.6. The lowest BCUT2D eigenvalue weighted by atomic mass is 10.1. The van der Waals surface area contributed by atoms with Crippen LogP contribution in [0.2, 0.25) is 0 Å². The number of carbonyl (C=O) groups is 1. The van der Waals surface area contributed by atoms with Gasteiger partial charge in [-0.3, -0.25) is 9.69 Å². The van der Waals surface area contributed by atoms with E-state index in [1.54, 1.807) is 0 Å². The van der Waals surface area contributed by atoms with Crippen molar-refractivity contribution in [1.82, 2.24) is 15.1 Å². The molecule has 3 fully saturated rings. The maximum atomic E-state index is 11.6. The van der Waals surface area contributed by atoms with Crippen LogP contribution in [0.5, 0.6) is 0 Å². The number of hydrogen-bond acceptors (Lipinski definition) is 3. The van der Waals surface area contributed by atoms with Crippen molar-refractivity contribution in [2.45, 2.75) is 37.8 Å². The van der Waals surface area contributed by atoms with Crippen molar-refractivity contribution in [3.05, 3.63) is 0 Å². The van der Waals surface area contributed by atoms with Gasteiger partial charge in [-0.25, -0.2) is 0 Å². The van der Waals surface area contributed by atoms with Crippen LogP contribution in [0.25, 0.3) is 0 Å². The van der Waals surface area contributed by atoms with Gasteiger partial charge in [-0.1, -0.05) is 0 Å². The molecule has 3 heterocycles. The van der Waals surface area contributed by atoms with Crippen LogP contribution < -0.4 is 5.32 Å². The Morgan fingerprint density at radius 3 is 3.06 bits per heavy atom. The molecule has 0 saturated carbocycles. The van der Waals surface area contributed by atoms with E-state index in [1.165, 1.54) is 25.9 Å². The Morgan fingerprint density at radius 1 is 1.31 bits per heavy atom. The van der Waals surface area contributed by atoms with Gasteiger partial charge in [-0.2, -0.15) is 0 Å². The van der Waals surface area contributed by atoms with Gasteiger partial charge in [0.25, 0.3) is 0 Å². The maximum Gasteiger partial charge on any atom is 0.222 e. The van der Waals surface area contributed by atoms with E-state index in [4.69, 9.17) is 0 Å². The van der Waals surface area contributed by atoms with Gasteiger partial charge < -0.3 is 10.2 Å². The summed E-state index contributed by atoms with van der Waals surface area (Å²) >= 11 is 0. The first-order chi connectivity index (χ1) is 7.83. The van der Waals surface area contributed by atoms with Crippen LogP contribution in [0.4, 0.5) is 0 Å². The second kappa shape index (κ2) is 4.34. The lowest BCUT2D eigenvalue weighted by molar-refractivity contribution is -0.130. The van der Waals surface area contributed by atoms with E-state index in [2.05, 4.69) is 15.1 Å². The minimum Gasteiger partial charge on any atom is -0.337 e. The van der Waals surface area contributed by atoms with Crippen LogP contribution in [-0.4, -0.2) is 60.5 Å². The molecule has 0 aromatic rings. The quantitative estimate of drug-likeness (QED) is 0.718. The highest BCUT2D eigenvalue weighted by molar-refractivity contribution is 5.78. The fraction of sp³-hybridized carbons (Fsp3) is 0.917. The minimum absolute atomic E-state index is 0.378. The topological polar surface area (TPSA) is 35.6 Å². The molecule has 3 aliphatic rings. The zero-order valence-corrected chi connectivity index (χ0v) is 9.82. The molecular formula is C12H21N3O. The number of nitrogens with one attached hydrogen (secondary N) is 1. The summed E-state index contributed by atoms with van der Waals surface area (Å²) < 4.78 is 0. The third-order valence-corrected chi connectivity index (χ3v) is 4.22. The number of fused-ring (bicyclic) bond motifs is 1. The molecule has 4 heteroatoms. The number of amides is 1. The van der Waals surface area contributed by atoms with Gasteiger partial charge in [-0.15, -0.1) is 0 Å². The van der Waals surface area contributed by atoms with Crippen molar-refractivity contribution < 1.29 is 4.79 Å². The van der Waals surface area contributed by atoms with E-state index in [0.717, 1.165) is 32.5 Å². The first-order valence-electron chi connectivity index (χ1n) is 6.58. The predicted molar refractivity (Wildman–Crippen MR) is 62.2 cm³/mol. The molecule has 0 bridgehead atoms.